The van der Waals surface area contributed by atoms with Gasteiger partial charge in [-0.25, -0.2) is 0 Å². The summed E-state index contributed by atoms with van der Waals surface area (Å²) in [6.45, 7) is 5.45. The van der Waals surface area contributed by atoms with Crippen molar-refractivity contribution in [1.82, 2.24) is 10.6 Å². The molecule has 5 nitrogen and oxygen atoms in total. The van der Waals surface area contributed by atoms with Crippen LogP contribution in [0, 0.1) is 5.92 Å². The van der Waals surface area contributed by atoms with Gasteiger partial charge in [-0.1, -0.05) is 6.92 Å². The molecule has 6 heteroatoms. The summed E-state index contributed by atoms with van der Waals surface area (Å²) >= 11 is 0. The average molecular weight is 427 g/mol. The number of halogens is 1. The highest BCUT2D eigenvalue weighted by Crippen LogP contribution is 2.23. The Bertz CT molecular complexity index is 283. The number of hydrogen-bond acceptors (Lipinski definition) is 3. The highest BCUT2D eigenvalue weighted by atomic mass is 127. The van der Waals surface area contributed by atoms with Crippen LogP contribution in [0.3, 0.4) is 0 Å². The number of methoxy groups -OCH3 is 1. The van der Waals surface area contributed by atoms with Crippen LogP contribution in [-0.2, 0) is 9.47 Å². The lowest BCUT2D eigenvalue weighted by atomic mass is 9.87. The van der Waals surface area contributed by atoms with Gasteiger partial charge < -0.3 is 20.1 Å². The van der Waals surface area contributed by atoms with E-state index in [-0.39, 0.29) is 24.0 Å². The monoisotopic (exact) mass is 427 g/mol. The molecule has 0 aromatic rings. The molecule has 132 valence electrons. The van der Waals surface area contributed by atoms with Crippen LogP contribution in [0.5, 0.6) is 0 Å². The summed E-state index contributed by atoms with van der Waals surface area (Å²) in [6, 6.07) is 0.588. The Balaban J connectivity index is 0.00000441. The van der Waals surface area contributed by atoms with Gasteiger partial charge >= 0.3 is 0 Å². The molecule has 0 bridgehead atoms. The van der Waals surface area contributed by atoms with Gasteiger partial charge in [-0.15, -0.1) is 24.0 Å². The third-order valence-corrected chi connectivity index (χ3v) is 4.02. The summed E-state index contributed by atoms with van der Waals surface area (Å²) in [5.41, 5.74) is 0. The molecule has 0 aromatic carbocycles. The van der Waals surface area contributed by atoms with E-state index in [1.54, 1.807) is 7.11 Å². The van der Waals surface area contributed by atoms with E-state index in [9.17, 15) is 0 Å². The van der Waals surface area contributed by atoms with Crippen LogP contribution in [0.2, 0.25) is 0 Å². The second-order valence-electron chi connectivity index (χ2n) is 5.91. The zero-order valence-electron chi connectivity index (χ0n) is 14.4. The summed E-state index contributed by atoms with van der Waals surface area (Å²) < 4.78 is 10.4. The molecule has 2 N–H and O–H groups in total. The predicted octanol–water partition coefficient (Wildman–Crippen LogP) is 2.79. The fourth-order valence-corrected chi connectivity index (χ4v) is 2.57. The normalized spacial score (nSPS) is 22.0. The number of aliphatic imine (C=N–C) groups is 1. The van der Waals surface area contributed by atoms with Crippen LogP contribution in [0.15, 0.2) is 4.99 Å². The molecule has 1 saturated carbocycles. The number of nitrogens with zero attached hydrogens (tertiary/aromatic N) is 1. The quantitative estimate of drug-likeness (QED) is 0.257. The van der Waals surface area contributed by atoms with E-state index in [0.29, 0.717) is 19.3 Å². The predicted molar refractivity (Wildman–Crippen MR) is 103 cm³/mol. The second-order valence-corrected chi connectivity index (χ2v) is 5.91. The van der Waals surface area contributed by atoms with Crippen molar-refractivity contribution >= 4 is 29.9 Å². The van der Waals surface area contributed by atoms with Crippen molar-refractivity contribution in [2.24, 2.45) is 10.9 Å². The van der Waals surface area contributed by atoms with Crippen LogP contribution in [-0.4, -0.2) is 52.5 Å². The molecule has 0 heterocycles. The highest BCUT2D eigenvalue weighted by Gasteiger charge is 2.18. The maximum atomic E-state index is 5.44. The van der Waals surface area contributed by atoms with E-state index in [4.69, 9.17) is 9.47 Å². The van der Waals surface area contributed by atoms with Crippen molar-refractivity contribution in [2.75, 3.05) is 40.5 Å². The number of unbranched alkanes of at least 4 members (excludes halogenated alkanes) is 1. The van der Waals surface area contributed by atoms with E-state index in [1.807, 2.05) is 7.05 Å². The first-order valence-corrected chi connectivity index (χ1v) is 8.30. The van der Waals surface area contributed by atoms with E-state index >= 15 is 0 Å². The Kier molecular flexibility index (Phi) is 14.5. The minimum absolute atomic E-state index is 0. The number of ether oxygens (including phenoxy) is 2. The SMILES string of the molecule is CN=C(NCCCCOCCOC)NC1CCC(C)CC1.I. The Morgan fingerprint density at radius 2 is 1.82 bits per heavy atom. The van der Waals surface area contributed by atoms with E-state index < -0.39 is 0 Å². The van der Waals surface area contributed by atoms with E-state index in [1.165, 1.54) is 25.7 Å². The molecule has 0 amide bonds. The number of guanidine groups is 1. The molecule has 0 aliphatic heterocycles. The van der Waals surface area contributed by atoms with Gasteiger partial charge in [-0.2, -0.15) is 0 Å². The standard InChI is InChI=1S/C16H33N3O2.HI/c1-14-6-8-15(9-7-14)19-16(17-2)18-10-4-5-11-21-13-12-20-3;/h14-15H,4-13H2,1-3H3,(H2,17,18,19);1H. The van der Waals surface area contributed by atoms with E-state index in [2.05, 4.69) is 22.5 Å². The molecular weight excluding hydrogens is 393 g/mol. The lowest BCUT2D eigenvalue weighted by molar-refractivity contribution is 0.0689. The first kappa shape index (κ1) is 21.9. The number of rotatable bonds is 9. The van der Waals surface area contributed by atoms with Gasteiger partial charge in [0.1, 0.15) is 0 Å². The van der Waals surface area contributed by atoms with Crippen LogP contribution in [0.25, 0.3) is 0 Å². The minimum atomic E-state index is 0. The lowest BCUT2D eigenvalue weighted by Crippen LogP contribution is -2.45. The fourth-order valence-electron chi connectivity index (χ4n) is 2.57. The summed E-state index contributed by atoms with van der Waals surface area (Å²) in [6.07, 6.45) is 7.33. The Hall–Kier alpha value is -0.0800. The smallest absolute Gasteiger partial charge is 0.191 e. The minimum Gasteiger partial charge on any atom is -0.382 e. The molecule has 0 unspecified atom stereocenters. The van der Waals surface area contributed by atoms with Crippen molar-refractivity contribution < 1.29 is 9.47 Å². The zero-order valence-corrected chi connectivity index (χ0v) is 16.7. The summed E-state index contributed by atoms with van der Waals surface area (Å²) in [5.74, 6) is 1.82. The summed E-state index contributed by atoms with van der Waals surface area (Å²) in [5, 5.41) is 6.92. The highest BCUT2D eigenvalue weighted by molar-refractivity contribution is 14.0. The van der Waals surface area contributed by atoms with Crippen LogP contribution < -0.4 is 10.6 Å². The molecule has 0 radical (unpaired) electrons. The van der Waals surface area contributed by atoms with Crippen molar-refractivity contribution in [3.8, 4) is 0 Å². The zero-order chi connectivity index (χ0) is 15.3. The van der Waals surface area contributed by atoms with Crippen LogP contribution in [0.1, 0.15) is 45.4 Å². The van der Waals surface area contributed by atoms with Gasteiger partial charge in [0.15, 0.2) is 5.96 Å². The van der Waals surface area contributed by atoms with Gasteiger partial charge in [-0.3, -0.25) is 4.99 Å². The van der Waals surface area contributed by atoms with Crippen molar-refractivity contribution in [2.45, 2.75) is 51.5 Å². The number of hydrogen-bond donors (Lipinski definition) is 2. The Morgan fingerprint density at radius 1 is 1.09 bits per heavy atom. The molecule has 0 spiro atoms. The van der Waals surface area contributed by atoms with E-state index in [0.717, 1.165) is 37.9 Å². The molecule has 1 fully saturated rings. The topological polar surface area (TPSA) is 54.9 Å². The third-order valence-electron chi connectivity index (χ3n) is 4.02. The fraction of sp³-hybridized carbons (Fsp3) is 0.938. The van der Waals surface area contributed by atoms with Crippen LogP contribution in [0.4, 0.5) is 0 Å². The molecule has 1 aliphatic rings. The number of nitrogens with one attached hydrogen (secondary N) is 2. The Morgan fingerprint density at radius 3 is 2.45 bits per heavy atom. The molecule has 0 saturated heterocycles. The summed E-state index contributed by atoms with van der Waals surface area (Å²) in [4.78, 5) is 4.31. The molecule has 22 heavy (non-hydrogen) atoms. The first-order chi connectivity index (χ1) is 10.3. The van der Waals surface area contributed by atoms with Gasteiger partial charge in [0.2, 0.25) is 0 Å². The third kappa shape index (κ3) is 10.6. The van der Waals surface area contributed by atoms with Gasteiger partial charge in [0, 0.05) is 33.4 Å². The van der Waals surface area contributed by atoms with Gasteiger partial charge in [0.05, 0.1) is 13.2 Å². The van der Waals surface area contributed by atoms with Gasteiger partial charge in [-0.05, 0) is 44.4 Å². The largest absolute Gasteiger partial charge is 0.382 e. The molecule has 1 aliphatic carbocycles. The molecule has 1 rings (SSSR count). The van der Waals surface area contributed by atoms with Crippen LogP contribution >= 0.6 is 24.0 Å². The Labute approximate surface area is 153 Å². The average Bonchev–Trinajstić information content (AvgIpc) is 2.50. The maximum absolute atomic E-state index is 5.44. The van der Waals surface area contributed by atoms with Crippen molar-refractivity contribution in [1.29, 1.82) is 0 Å². The first-order valence-electron chi connectivity index (χ1n) is 8.30. The molecular formula is C16H34IN3O2. The van der Waals surface area contributed by atoms with Crippen molar-refractivity contribution in [3.63, 3.8) is 0 Å². The lowest BCUT2D eigenvalue weighted by Gasteiger charge is -2.28. The van der Waals surface area contributed by atoms with Gasteiger partial charge in [0.25, 0.3) is 0 Å². The second kappa shape index (κ2) is 14.5. The summed E-state index contributed by atoms with van der Waals surface area (Å²) in [7, 11) is 3.54. The molecule has 0 atom stereocenters. The molecule has 0 aromatic heterocycles. The maximum Gasteiger partial charge on any atom is 0.191 e. The van der Waals surface area contributed by atoms with Crippen molar-refractivity contribution in [3.05, 3.63) is 0 Å².